The molecule has 0 spiro atoms. The molecule has 1 aliphatic heterocycles. The summed E-state index contributed by atoms with van der Waals surface area (Å²) in [4.78, 5) is 9.27. The highest BCUT2D eigenvalue weighted by Gasteiger charge is 2.17. The highest BCUT2D eigenvalue weighted by Crippen LogP contribution is 2.20. The summed E-state index contributed by atoms with van der Waals surface area (Å²) in [6.45, 7) is 12.9. The first-order valence-electron chi connectivity index (χ1n) is 9.51. The van der Waals surface area contributed by atoms with Gasteiger partial charge in [0, 0.05) is 51.0 Å². The van der Waals surface area contributed by atoms with Gasteiger partial charge in [-0.2, -0.15) is 0 Å². The summed E-state index contributed by atoms with van der Waals surface area (Å²) < 4.78 is 5.23. The highest BCUT2D eigenvalue weighted by atomic mass is 16.5. The normalized spacial score (nSPS) is 16.5. The predicted molar refractivity (Wildman–Crippen MR) is 111 cm³/mol. The van der Waals surface area contributed by atoms with Gasteiger partial charge in [0.25, 0.3) is 0 Å². The summed E-state index contributed by atoms with van der Waals surface area (Å²) in [6.07, 6.45) is 1.12. The van der Waals surface area contributed by atoms with Crippen LogP contribution in [-0.2, 0) is 0 Å². The first kappa shape index (κ1) is 20.4. The van der Waals surface area contributed by atoms with Crippen molar-refractivity contribution in [3.8, 4) is 5.75 Å². The van der Waals surface area contributed by atoms with Crippen molar-refractivity contribution >= 4 is 11.6 Å². The molecule has 1 aliphatic rings. The summed E-state index contributed by atoms with van der Waals surface area (Å²) in [5.41, 5.74) is 1.31. The Bertz CT molecular complexity index is 557. The van der Waals surface area contributed by atoms with Crippen LogP contribution in [0.5, 0.6) is 5.75 Å². The number of nitrogens with zero attached hydrogens (tertiary/aromatic N) is 3. The van der Waals surface area contributed by atoms with Crippen molar-refractivity contribution in [1.29, 1.82) is 0 Å². The fourth-order valence-corrected chi connectivity index (χ4v) is 3.07. The Morgan fingerprint density at radius 1 is 1.12 bits per heavy atom. The smallest absolute Gasteiger partial charge is 0.191 e. The van der Waals surface area contributed by atoms with Crippen LogP contribution < -0.4 is 20.3 Å². The number of rotatable bonds is 6. The second-order valence-electron chi connectivity index (χ2n) is 7.75. The minimum absolute atomic E-state index is 0.0274. The zero-order valence-electron chi connectivity index (χ0n) is 17.0. The van der Waals surface area contributed by atoms with Gasteiger partial charge < -0.3 is 20.3 Å². The number of benzene rings is 1. The molecule has 0 saturated carbocycles. The van der Waals surface area contributed by atoms with Crippen molar-refractivity contribution in [3.63, 3.8) is 0 Å². The van der Waals surface area contributed by atoms with E-state index < -0.39 is 0 Å². The number of guanidine groups is 1. The molecule has 0 atom stereocenters. The lowest BCUT2D eigenvalue weighted by molar-refractivity contribution is 0.255. The fourth-order valence-electron chi connectivity index (χ4n) is 3.07. The van der Waals surface area contributed by atoms with Crippen molar-refractivity contribution in [1.82, 2.24) is 15.5 Å². The topological polar surface area (TPSA) is 52.1 Å². The van der Waals surface area contributed by atoms with E-state index in [0.717, 1.165) is 57.4 Å². The number of piperazine rings is 1. The molecule has 1 saturated heterocycles. The van der Waals surface area contributed by atoms with Gasteiger partial charge in [0.1, 0.15) is 5.75 Å². The standard InChI is InChI=1S/C20H35N5O/c1-20(2,3)23-19(21-4)22-11-6-12-24-13-15-25(16-14-24)17-7-9-18(26-5)10-8-17/h7-10H,6,11-16H2,1-5H3,(H2,21,22,23). The quantitative estimate of drug-likeness (QED) is 0.462. The third kappa shape index (κ3) is 6.75. The molecule has 1 fully saturated rings. The van der Waals surface area contributed by atoms with Crippen molar-refractivity contribution in [3.05, 3.63) is 24.3 Å². The van der Waals surface area contributed by atoms with Gasteiger partial charge >= 0.3 is 0 Å². The Balaban J connectivity index is 1.65. The summed E-state index contributed by atoms with van der Waals surface area (Å²) >= 11 is 0. The largest absolute Gasteiger partial charge is 0.497 e. The number of methoxy groups -OCH3 is 1. The third-order valence-electron chi connectivity index (χ3n) is 4.47. The van der Waals surface area contributed by atoms with E-state index in [4.69, 9.17) is 4.74 Å². The molecule has 0 radical (unpaired) electrons. The zero-order chi connectivity index (χ0) is 19.0. The number of aliphatic imine (C=N–C) groups is 1. The van der Waals surface area contributed by atoms with Gasteiger partial charge in [0.2, 0.25) is 0 Å². The second-order valence-corrected chi connectivity index (χ2v) is 7.75. The molecule has 6 heteroatoms. The van der Waals surface area contributed by atoms with Crippen LogP contribution in [0.25, 0.3) is 0 Å². The van der Waals surface area contributed by atoms with Crippen LogP contribution in [0, 0.1) is 0 Å². The van der Waals surface area contributed by atoms with Crippen molar-refractivity contribution < 1.29 is 4.74 Å². The predicted octanol–water partition coefficient (Wildman–Crippen LogP) is 2.17. The molecule has 1 heterocycles. The van der Waals surface area contributed by atoms with E-state index in [1.165, 1.54) is 5.69 Å². The molecule has 0 aliphatic carbocycles. The summed E-state index contributed by atoms with van der Waals surface area (Å²) in [5.74, 6) is 1.79. The Labute approximate surface area is 158 Å². The number of nitrogens with one attached hydrogen (secondary N) is 2. The van der Waals surface area contributed by atoms with E-state index in [2.05, 4.69) is 58.3 Å². The maximum absolute atomic E-state index is 5.23. The molecular formula is C20H35N5O. The number of hydrogen-bond acceptors (Lipinski definition) is 4. The summed E-state index contributed by atoms with van der Waals surface area (Å²) in [6, 6.07) is 8.36. The zero-order valence-corrected chi connectivity index (χ0v) is 17.0. The molecule has 2 N–H and O–H groups in total. The van der Waals surface area contributed by atoms with Gasteiger partial charge in [0.05, 0.1) is 7.11 Å². The number of hydrogen-bond donors (Lipinski definition) is 2. The average Bonchev–Trinajstić information content (AvgIpc) is 2.64. The van der Waals surface area contributed by atoms with Crippen LogP contribution in [0.2, 0.25) is 0 Å². The highest BCUT2D eigenvalue weighted by molar-refractivity contribution is 5.80. The molecule has 2 rings (SSSR count). The van der Waals surface area contributed by atoms with Gasteiger partial charge in [-0.15, -0.1) is 0 Å². The Morgan fingerprint density at radius 3 is 2.31 bits per heavy atom. The van der Waals surface area contributed by atoms with E-state index in [0.29, 0.717) is 0 Å². The van der Waals surface area contributed by atoms with Crippen molar-refractivity contribution in [2.75, 3.05) is 58.3 Å². The number of ether oxygens (including phenoxy) is 1. The van der Waals surface area contributed by atoms with Crippen LogP contribution >= 0.6 is 0 Å². The van der Waals surface area contributed by atoms with Gasteiger partial charge in [0.15, 0.2) is 5.96 Å². The van der Waals surface area contributed by atoms with E-state index in [9.17, 15) is 0 Å². The van der Waals surface area contributed by atoms with E-state index in [1.54, 1.807) is 7.11 Å². The van der Waals surface area contributed by atoms with Gasteiger partial charge in [-0.05, 0) is 58.0 Å². The maximum atomic E-state index is 5.23. The fraction of sp³-hybridized carbons (Fsp3) is 0.650. The molecule has 146 valence electrons. The van der Waals surface area contributed by atoms with E-state index in [1.807, 2.05) is 19.2 Å². The van der Waals surface area contributed by atoms with Gasteiger partial charge in [-0.25, -0.2) is 0 Å². The van der Waals surface area contributed by atoms with Crippen LogP contribution in [0.1, 0.15) is 27.2 Å². The molecule has 0 aromatic heterocycles. The van der Waals surface area contributed by atoms with Crippen LogP contribution in [-0.4, -0.2) is 69.8 Å². The lowest BCUT2D eigenvalue weighted by atomic mass is 10.1. The van der Waals surface area contributed by atoms with E-state index in [-0.39, 0.29) is 5.54 Å². The van der Waals surface area contributed by atoms with Gasteiger partial charge in [-0.3, -0.25) is 9.89 Å². The summed E-state index contributed by atoms with van der Waals surface area (Å²) in [7, 11) is 3.52. The van der Waals surface area contributed by atoms with Crippen LogP contribution in [0.15, 0.2) is 29.3 Å². The Morgan fingerprint density at radius 2 is 1.77 bits per heavy atom. The average molecular weight is 362 g/mol. The number of anilines is 1. The first-order chi connectivity index (χ1) is 12.4. The molecule has 1 aromatic carbocycles. The second kappa shape index (κ2) is 9.67. The molecular weight excluding hydrogens is 326 g/mol. The third-order valence-corrected chi connectivity index (χ3v) is 4.47. The van der Waals surface area contributed by atoms with Crippen molar-refractivity contribution in [2.24, 2.45) is 4.99 Å². The SMILES string of the molecule is CN=C(NCCCN1CCN(c2ccc(OC)cc2)CC1)NC(C)(C)C. The Kier molecular flexibility index (Phi) is 7.57. The lowest BCUT2D eigenvalue weighted by Crippen LogP contribution is -2.49. The van der Waals surface area contributed by atoms with Crippen molar-refractivity contribution in [2.45, 2.75) is 32.7 Å². The minimum Gasteiger partial charge on any atom is -0.497 e. The minimum atomic E-state index is 0.0274. The molecule has 0 unspecified atom stereocenters. The molecule has 0 amide bonds. The first-order valence-corrected chi connectivity index (χ1v) is 9.51. The molecule has 6 nitrogen and oxygen atoms in total. The summed E-state index contributed by atoms with van der Waals surface area (Å²) in [5, 5.41) is 6.79. The molecule has 1 aromatic rings. The van der Waals surface area contributed by atoms with Gasteiger partial charge in [-0.1, -0.05) is 0 Å². The molecule has 26 heavy (non-hydrogen) atoms. The van der Waals surface area contributed by atoms with Crippen LogP contribution in [0.3, 0.4) is 0 Å². The maximum Gasteiger partial charge on any atom is 0.191 e. The monoisotopic (exact) mass is 361 g/mol. The van der Waals surface area contributed by atoms with Crippen LogP contribution in [0.4, 0.5) is 5.69 Å². The Hall–Kier alpha value is -1.95. The lowest BCUT2D eigenvalue weighted by Gasteiger charge is -2.36. The molecule has 0 bridgehead atoms. The van der Waals surface area contributed by atoms with E-state index >= 15 is 0 Å².